The molecule has 128 valence electrons. The number of aromatic nitrogens is 3. The number of pyridine rings is 1. The molecule has 24 heavy (non-hydrogen) atoms. The highest BCUT2D eigenvalue weighted by Crippen LogP contribution is 2.11. The molecule has 0 saturated carbocycles. The molecule has 0 aliphatic rings. The number of aldehydes is 1. The molecule has 1 amide bonds. The third-order valence-electron chi connectivity index (χ3n) is 3.62. The van der Waals surface area contributed by atoms with Gasteiger partial charge in [-0.05, 0) is 19.2 Å². The first-order chi connectivity index (χ1) is 11.5. The molecule has 0 aliphatic carbocycles. The maximum absolute atomic E-state index is 11.8. The van der Waals surface area contributed by atoms with Gasteiger partial charge in [-0.3, -0.25) is 24.3 Å². The monoisotopic (exact) mass is 331 g/mol. The van der Waals surface area contributed by atoms with Crippen molar-refractivity contribution in [3.05, 3.63) is 42.0 Å². The smallest absolute Gasteiger partial charge is 0.259 e. The fourth-order valence-electron chi connectivity index (χ4n) is 2.15. The van der Waals surface area contributed by atoms with Gasteiger partial charge in [0.15, 0.2) is 6.29 Å². The van der Waals surface area contributed by atoms with Crippen LogP contribution >= 0.6 is 0 Å². The van der Waals surface area contributed by atoms with E-state index in [1.165, 1.54) is 12.2 Å². The molecule has 0 atom stereocenters. The van der Waals surface area contributed by atoms with Crippen LogP contribution in [0.25, 0.3) is 5.69 Å². The first kappa shape index (κ1) is 17.8. The van der Waals surface area contributed by atoms with Gasteiger partial charge >= 0.3 is 0 Å². The fourth-order valence-corrected chi connectivity index (χ4v) is 2.15. The summed E-state index contributed by atoms with van der Waals surface area (Å²) in [4.78, 5) is 33.8. The predicted octanol–water partition coefficient (Wildman–Crippen LogP) is 0.574. The minimum absolute atomic E-state index is 0.142. The summed E-state index contributed by atoms with van der Waals surface area (Å²) in [5.74, 6) is -0.142. The van der Waals surface area contributed by atoms with Gasteiger partial charge in [-0.2, -0.15) is 5.10 Å². The number of hydrogen-bond donors (Lipinski definition) is 0. The number of rotatable bonds is 8. The van der Waals surface area contributed by atoms with Crippen molar-refractivity contribution in [3.63, 3.8) is 0 Å². The summed E-state index contributed by atoms with van der Waals surface area (Å²) in [5.41, 5.74) is 2.01. The van der Waals surface area contributed by atoms with E-state index in [-0.39, 0.29) is 12.5 Å². The molecule has 0 bridgehead atoms. The molecule has 0 radical (unpaired) electrons. The van der Waals surface area contributed by atoms with Crippen molar-refractivity contribution in [1.82, 2.24) is 24.7 Å². The summed E-state index contributed by atoms with van der Waals surface area (Å²) in [6, 6.07) is 3.67. The van der Waals surface area contributed by atoms with E-state index in [1.54, 1.807) is 30.3 Å². The van der Waals surface area contributed by atoms with Crippen LogP contribution in [0.2, 0.25) is 0 Å². The number of hydroxylamine groups is 2. The molecule has 8 nitrogen and oxygen atoms in total. The van der Waals surface area contributed by atoms with Crippen molar-refractivity contribution in [2.24, 2.45) is 0 Å². The number of carbonyl (C=O) groups excluding carboxylic acids is 2. The zero-order chi connectivity index (χ0) is 17.5. The maximum Gasteiger partial charge on any atom is 0.259 e. The average Bonchev–Trinajstić information content (AvgIpc) is 3.03. The summed E-state index contributed by atoms with van der Waals surface area (Å²) in [6.07, 6.45) is 6.39. The fraction of sp³-hybridized carbons (Fsp3) is 0.375. The lowest BCUT2D eigenvalue weighted by molar-refractivity contribution is -0.169. The Morgan fingerprint density at radius 1 is 1.42 bits per heavy atom. The Bertz CT molecular complexity index is 686. The van der Waals surface area contributed by atoms with Gasteiger partial charge in [0, 0.05) is 32.4 Å². The Labute approximate surface area is 140 Å². The normalized spacial score (nSPS) is 10.8. The van der Waals surface area contributed by atoms with Crippen LogP contribution in [-0.2, 0) is 16.1 Å². The highest BCUT2D eigenvalue weighted by molar-refractivity contribution is 5.77. The number of hydrogen-bond acceptors (Lipinski definition) is 6. The van der Waals surface area contributed by atoms with Crippen LogP contribution in [0.1, 0.15) is 16.1 Å². The second kappa shape index (κ2) is 8.32. The van der Waals surface area contributed by atoms with Gasteiger partial charge in [-0.25, -0.2) is 9.75 Å². The molecule has 0 unspecified atom stereocenters. The van der Waals surface area contributed by atoms with Gasteiger partial charge in [0.05, 0.1) is 36.8 Å². The van der Waals surface area contributed by atoms with Gasteiger partial charge in [-0.1, -0.05) is 0 Å². The topological polar surface area (TPSA) is 80.6 Å². The third kappa shape index (κ3) is 4.46. The summed E-state index contributed by atoms with van der Waals surface area (Å²) in [5, 5.41) is 5.64. The van der Waals surface area contributed by atoms with Gasteiger partial charge in [0.25, 0.3) is 5.91 Å². The van der Waals surface area contributed by atoms with E-state index in [4.69, 9.17) is 4.84 Å². The maximum atomic E-state index is 11.8. The van der Waals surface area contributed by atoms with Gasteiger partial charge < -0.3 is 0 Å². The predicted molar refractivity (Wildman–Crippen MR) is 87.7 cm³/mol. The van der Waals surface area contributed by atoms with E-state index < -0.39 is 0 Å². The van der Waals surface area contributed by atoms with Crippen LogP contribution < -0.4 is 0 Å². The number of amides is 1. The Hall–Kier alpha value is -2.58. The van der Waals surface area contributed by atoms with E-state index in [0.717, 1.165) is 12.0 Å². The van der Waals surface area contributed by atoms with Crippen LogP contribution in [0, 0.1) is 0 Å². The SMILES string of the molecule is CON(C)C(=O)CN(C)CCc1nn(-c2cccnc2)cc1C=O. The first-order valence-electron chi connectivity index (χ1n) is 7.48. The van der Waals surface area contributed by atoms with E-state index in [9.17, 15) is 9.59 Å². The molecular weight excluding hydrogens is 310 g/mol. The van der Waals surface area contributed by atoms with Crippen molar-refractivity contribution in [1.29, 1.82) is 0 Å². The molecule has 2 aromatic rings. The van der Waals surface area contributed by atoms with Gasteiger partial charge in [0.2, 0.25) is 0 Å². The number of nitrogens with zero attached hydrogens (tertiary/aromatic N) is 5. The molecule has 2 heterocycles. The lowest BCUT2D eigenvalue weighted by Crippen LogP contribution is -2.36. The van der Waals surface area contributed by atoms with Crippen molar-refractivity contribution in [2.75, 3.05) is 34.3 Å². The van der Waals surface area contributed by atoms with Crippen molar-refractivity contribution in [3.8, 4) is 5.69 Å². The molecule has 0 saturated heterocycles. The van der Waals surface area contributed by atoms with Crippen molar-refractivity contribution in [2.45, 2.75) is 6.42 Å². The van der Waals surface area contributed by atoms with Crippen molar-refractivity contribution < 1.29 is 14.4 Å². The molecular formula is C16H21N5O3. The highest BCUT2D eigenvalue weighted by atomic mass is 16.7. The van der Waals surface area contributed by atoms with Crippen LogP contribution in [-0.4, -0.2) is 71.2 Å². The lowest BCUT2D eigenvalue weighted by atomic mass is 10.2. The largest absolute Gasteiger partial charge is 0.298 e. The lowest BCUT2D eigenvalue weighted by Gasteiger charge is -2.19. The molecule has 2 aromatic heterocycles. The van der Waals surface area contributed by atoms with Crippen LogP contribution in [0.3, 0.4) is 0 Å². The zero-order valence-corrected chi connectivity index (χ0v) is 14.0. The van der Waals surface area contributed by atoms with E-state index in [0.29, 0.717) is 24.2 Å². The Morgan fingerprint density at radius 3 is 2.83 bits per heavy atom. The molecule has 0 aromatic carbocycles. The Morgan fingerprint density at radius 2 is 2.21 bits per heavy atom. The van der Waals surface area contributed by atoms with Gasteiger partial charge in [0.1, 0.15) is 0 Å². The summed E-state index contributed by atoms with van der Waals surface area (Å²) >= 11 is 0. The number of likely N-dealkylation sites (N-methyl/N-ethyl adjacent to an activating group) is 2. The quantitative estimate of drug-likeness (QED) is 0.520. The molecule has 0 N–H and O–H groups in total. The minimum Gasteiger partial charge on any atom is -0.298 e. The Balaban J connectivity index is 2.01. The van der Waals surface area contributed by atoms with E-state index in [1.807, 2.05) is 24.1 Å². The molecule has 0 aliphatic heterocycles. The summed E-state index contributed by atoms with van der Waals surface area (Å²) < 4.78 is 1.63. The van der Waals surface area contributed by atoms with E-state index in [2.05, 4.69) is 10.1 Å². The summed E-state index contributed by atoms with van der Waals surface area (Å²) in [7, 11) is 4.84. The standard InChI is InChI=1S/C16H21N5O3/c1-19(11-16(23)20(2)24-3)8-6-15-13(12-22)10-21(18-15)14-5-4-7-17-9-14/h4-5,7,9-10,12H,6,8,11H2,1-3H3. The molecule has 8 heteroatoms. The van der Waals surface area contributed by atoms with E-state index >= 15 is 0 Å². The van der Waals surface area contributed by atoms with Crippen LogP contribution in [0.4, 0.5) is 0 Å². The third-order valence-corrected chi connectivity index (χ3v) is 3.62. The van der Waals surface area contributed by atoms with Crippen LogP contribution in [0.5, 0.6) is 0 Å². The highest BCUT2D eigenvalue weighted by Gasteiger charge is 2.14. The first-order valence-corrected chi connectivity index (χ1v) is 7.48. The zero-order valence-electron chi connectivity index (χ0n) is 14.0. The second-order valence-corrected chi connectivity index (χ2v) is 5.37. The number of carbonyl (C=O) groups is 2. The average molecular weight is 331 g/mol. The van der Waals surface area contributed by atoms with Gasteiger partial charge in [-0.15, -0.1) is 0 Å². The van der Waals surface area contributed by atoms with Crippen molar-refractivity contribution >= 4 is 12.2 Å². The van der Waals surface area contributed by atoms with Crippen LogP contribution in [0.15, 0.2) is 30.7 Å². The second-order valence-electron chi connectivity index (χ2n) is 5.37. The molecule has 2 rings (SSSR count). The molecule has 0 spiro atoms. The summed E-state index contributed by atoms with van der Waals surface area (Å²) in [6.45, 7) is 0.818. The minimum atomic E-state index is -0.142. The Kier molecular flexibility index (Phi) is 6.16. The molecule has 0 fully saturated rings.